The predicted octanol–water partition coefficient (Wildman–Crippen LogP) is 4.87. The van der Waals surface area contributed by atoms with Crippen LogP contribution in [0.5, 0.6) is 0 Å². The first-order valence-corrected chi connectivity index (χ1v) is 9.96. The second kappa shape index (κ2) is 8.52. The fourth-order valence-corrected chi connectivity index (χ4v) is 3.85. The van der Waals surface area contributed by atoms with Gasteiger partial charge in [-0.15, -0.1) is 0 Å². The average molecular weight is 482 g/mol. The Morgan fingerprint density at radius 3 is 2.60 bits per heavy atom. The number of carbonyl (C=O) groups excluding carboxylic acids is 1. The van der Waals surface area contributed by atoms with E-state index in [1.807, 2.05) is 18.7 Å². The fourth-order valence-electron chi connectivity index (χ4n) is 3.49. The number of pyridine rings is 1. The van der Waals surface area contributed by atoms with Crippen LogP contribution >= 0.6 is 15.9 Å². The molecule has 0 bridgehead atoms. The van der Waals surface area contributed by atoms with E-state index in [4.69, 9.17) is 5.26 Å². The molecule has 0 unspecified atom stereocenters. The molecule has 158 valence electrons. The van der Waals surface area contributed by atoms with Gasteiger partial charge in [-0.25, -0.2) is 9.78 Å². The highest BCUT2D eigenvalue weighted by molar-refractivity contribution is 9.10. The van der Waals surface area contributed by atoms with Crippen LogP contribution < -0.4 is 10.2 Å². The molecule has 3 rings (SSSR count). The van der Waals surface area contributed by atoms with Gasteiger partial charge in [-0.05, 0) is 60.1 Å². The van der Waals surface area contributed by atoms with E-state index in [2.05, 4.69) is 26.2 Å². The molecular formula is C20H19BrF3N5O. The van der Waals surface area contributed by atoms with Gasteiger partial charge in [0.05, 0.1) is 17.2 Å². The number of nitrogens with zero attached hydrogens (tertiary/aromatic N) is 4. The molecule has 1 aliphatic rings. The summed E-state index contributed by atoms with van der Waals surface area (Å²) < 4.78 is 40.6. The van der Waals surface area contributed by atoms with E-state index in [-0.39, 0.29) is 18.1 Å². The van der Waals surface area contributed by atoms with Crippen LogP contribution in [0.25, 0.3) is 0 Å². The minimum Gasteiger partial charge on any atom is -0.365 e. The van der Waals surface area contributed by atoms with Crippen molar-refractivity contribution in [2.45, 2.75) is 32.1 Å². The summed E-state index contributed by atoms with van der Waals surface area (Å²) >= 11 is 3.25. The van der Waals surface area contributed by atoms with Crippen molar-refractivity contribution in [2.24, 2.45) is 0 Å². The molecule has 0 saturated carbocycles. The number of anilines is 2. The van der Waals surface area contributed by atoms with Crippen LogP contribution in [-0.4, -0.2) is 41.1 Å². The lowest BCUT2D eigenvalue weighted by molar-refractivity contribution is -0.137. The van der Waals surface area contributed by atoms with Crippen molar-refractivity contribution in [3.63, 3.8) is 0 Å². The molecule has 2 heterocycles. The molecule has 0 spiro atoms. The molecule has 1 N–H and O–H groups in total. The first-order valence-electron chi connectivity index (χ1n) is 9.17. The quantitative estimate of drug-likeness (QED) is 0.621. The maximum Gasteiger partial charge on any atom is 0.417 e. The molecule has 1 aromatic heterocycles. The number of nitriles is 1. The average Bonchev–Trinajstić information content (AvgIpc) is 2.68. The van der Waals surface area contributed by atoms with E-state index >= 15 is 0 Å². The van der Waals surface area contributed by atoms with Crippen LogP contribution in [0.2, 0.25) is 0 Å². The SMILES string of the molecule is C[C@@H]1CN(C(=O)Nc2ccnc(Br)c2)[C@@H](C)CN1c1ccc(C#N)c(C(F)(F)F)c1. The predicted molar refractivity (Wildman–Crippen MR) is 110 cm³/mol. The summed E-state index contributed by atoms with van der Waals surface area (Å²) in [7, 11) is 0. The van der Waals surface area contributed by atoms with E-state index in [0.717, 1.165) is 6.07 Å². The van der Waals surface area contributed by atoms with E-state index in [9.17, 15) is 18.0 Å². The van der Waals surface area contributed by atoms with Gasteiger partial charge in [-0.2, -0.15) is 18.4 Å². The zero-order valence-electron chi connectivity index (χ0n) is 16.2. The minimum atomic E-state index is -4.61. The third kappa shape index (κ3) is 4.67. The third-order valence-corrected chi connectivity index (χ3v) is 5.42. The van der Waals surface area contributed by atoms with Crippen molar-refractivity contribution in [3.8, 4) is 6.07 Å². The topological polar surface area (TPSA) is 72.3 Å². The molecule has 2 aromatic rings. The molecule has 0 aliphatic carbocycles. The first-order chi connectivity index (χ1) is 14.1. The smallest absolute Gasteiger partial charge is 0.365 e. The van der Waals surface area contributed by atoms with Gasteiger partial charge in [-0.3, -0.25) is 0 Å². The normalized spacial score (nSPS) is 19.4. The Balaban J connectivity index is 1.78. The lowest BCUT2D eigenvalue weighted by Gasteiger charge is -2.45. The summed E-state index contributed by atoms with van der Waals surface area (Å²) in [5, 5.41) is 11.8. The molecule has 1 aromatic carbocycles. The summed E-state index contributed by atoms with van der Waals surface area (Å²) in [5.74, 6) is 0. The van der Waals surface area contributed by atoms with Crippen molar-refractivity contribution in [2.75, 3.05) is 23.3 Å². The molecule has 1 fully saturated rings. The summed E-state index contributed by atoms with van der Waals surface area (Å²) in [4.78, 5) is 20.2. The third-order valence-electron chi connectivity index (χ3n) is 4.99. The molecule has 2 amide bonds. The second-order valence-electron chi connectivity index (χ2n) is 7.14. The molecule has 1 saturated heterocycles. The van der Waals surface area contributed by atoms with Crippen LogP contribution in [0.4, 0.5) is 29.3 Å². The lowest BCUT2D eigenvalue weighted by atomic mass is 10.0. The highest BCUT2D eigenvalue weighted by Gasteiger charge is 2.36. The highest BCUT2D eigenvalue weighted by Crippen LogP contribution is 2.35. The van der Waals surface area contributed by atoms with Gasteiger partial charge in [-0.1, -0.05) is 0 Å². The number of hydrogen-bond acceptors (Lipinski definition) is 4. The monoisotopic (exact) mass is 481 g/mol. The van der Waals surface area contributed by atoms with E-state index < -0.39 is 17.3 Å². The van der Waals surface area contributed by atoms with Crippen molar-refractivity contribution in [3.05, 3.63) is 52.3 Å². The van der Waals surface area contributed by atoms with Crippen molar-refractivity contribution < 1.29 is 18.0 Å². The van der Waals surface area contributed by atoms with Crippen LogP contribution in [0.1, 0.15) is 25.0 Å². The number of amides is 2. The maximum absolute atomic E-state index is 13.3. The van der Waals surface area contributed by atoms with E-state index in [1.165, 1.54) is 12.1 Å². The van der Waals surface area contributed by atoms with Crippen LogP contribution in [0.15, 0.2) is 41.1 Å². The Morgan fingerprint density at radius 1 is 1.23 bits per heavy atom. The standard InChI is InChI=1S/C20H19BrF3N5O/c1-12-11-29(19(30)27-15-5-6-26-18(21)7-15)13(2)10-28(12)16-4-3-14(9-25)17(8-16)20(22,23)24/h3-8,12-13H,10-11H2,1-2H3,(H,26,27,30)/t12-,13+/m1/s1. The van der Waals surface area contributed by atoms with Crippen LogP contribution in [-0.2, 0) is 6.18 Å². The summed E-state index contributed by atoms with van der Waals surface area (Å²) in [6.07, 6.45) is -3.05. The molecule has 30 heavy (non-hydrogen) atoms. The minimum absolute atomic E-state index is 0.217. The molecule has 6 nitrogen and oxygen atoms in total. The number of benzene rings is 1. The maximum atomic E-state index is 13.3. The number of rotatable bonds is 2. The van der Waals surface area contributed by atoms with Crippen molar-refractivity contribution >= 4 is 33.3 Å². The van der Waals surface area contributed by atoms with Crippen molar-refractivity contribution in [1.82, 2.24) is 9.88 Å². The zero-order chi connectivity index (χ0) is 22.1. The number of carbonyl (C=O) groups is 1. The van der Waals surface area contributed by atoms with Gasteiger partial charge in [0, 0.05) is 42.7 Å². The molecule has 2 atom stereocenters. The highest BCUT2D eigenvalue weighted by atomic mass is 79.9. The van der Waals surface area contributed by atoms with Gasteiger partial charge < -0.3 is 15.1 Å². The number of nitrogens with one attached hydrogen (secondary N) is 1. The number of halogens is 4. The van der Waals surface area contributed by atoms with Crippen molar-refractivity contribution in [1.29, 1.82) is 5.26 Å². The van der Waals surface area contributed by atoms with Gasteiger partial charge in [0.1, 0.15) is 4.60 Å². The van der Waals surface area contributed by atoms with Crippen LogP contribution in [0, 0.1) is 11.3 Å². The van der Waals surface area contributed by atoms with Gasteiger partial charge >= 0.3 is 12.2 Å². The van der Waals surface area contributed by atoms with Gasteiger partial charge in [0.15, 0.2) is 0 Å². The Labute approximate surface area is 180 Å². The summed E-state index contributed by atoms with van der Waals surface area (Å²) in [6, 6.07) is 7.91. The molecular weight excluding hydrogens is 463 g/mol. The first kappa shape index (κ1) is 21.9. The largest absolute Gasteiger partial charge is 0.417 e. The zero-order valence-corrected chi connectivity index (χ0v) is 17.8. The number of aromatic nitrogens is 1. The van der Waals surface area contributed by atoms with Crippen LogP contribution in [0.3, 0.4) is 0 Å². The van der Waals surface area contributed by atoms with Gasteiger partial charge in [0.25, 0.3) is 0 Å². The fraction of sp³-hybridized carbons (Fsp3) is 0.350. The molecule has 1 aliphatic heterocycles. The second-order valence-corrected chi connectivity index (χ2v) is 7.95. The van der Waals surface area contributed by atoms with Gasteiger partial charge in [0.2, 0.25) is 0 Å². The lowest BCUT2D eigenvalue weighted by Crippen LogP contribution is -2.59. The van der Waals surface area contributed by atoms with E-state index in [1.54, 1.807) is 29.3 Å². The number of piperazine rings is 1. The summed E-state index contributed by atoms with van der Waals surface area (Å²) in [6.45, 7) is 4.38. The number of hydrogen-bond donors (Lipinski definition) is 1. The summed E-state index contributed by atoms with van der Waals surface area (Å²) in [5.41, 5.74) is -0.399. The number of alkyl halides is 3. The Bertz CT molecular complexity index is 991. The molecule has 10 heteroatoms. The Kier molecular flexibility index (Phi) is 6.22. The van der Waals surface area contributed by atoms with E-state index in [0.29, 0.717) is 29.1 Å². The number of urea groups is 1. The Morgan fingerprint density at radius 2 is 1.97 bits per heavy atom. The Hall–Kier alpha value is -2.80. The molecule has 0 radical (unpaired) electrons.